The van der Waals surface area contributed by atoms with Gasteiger partial charge in [-0.15, -0.1) is 0 Å². The highest BCUT2D eigenvalue weighted by molar-refractivity contribution is 8.18. The molecule has 7 heteroatoms. The molecule has 2 amide bonds. The van der Waals surface area contributed by atoms with E-state index in [9.17, 15) is 19.7 Å². The monoisotopic (exact) mass is 352 g/mol. The van der Waals surface area contributed by atoms with Crippen molar-refractivity contribution < 1.29 is 14.5 Å². The molecule has 0 spiro atoms. The number of hydrogen-bond acceptors (Lipinski definition) is 5. The number of nitrogens with zero attached hydrogens (tertiary/aromatic N) is 2. The second-order valence-corrected chi connectivity index (χ2v) is 6.08. The summed E-state index contributed by atoms with van der Waals surface area (Å²) in [7, 11) is 0. The van der Waals surface area contributed by atoms with Gasteiger partial charge in [0.25, 0.3) is 16.8 Å². The fourth-order valence-corrected chi connectivity index (χ4v) is 3.03. The topological polar surface area (TPSA) is 80.5 Å². The first-order chi connectivity index (χ1) is 12.1. The van der Waals surface area contributed by atoms with Crippen LogP contribution < -0.4 is 4.90 Å². The van der Waals surface area contributed by atoms with Crippen LogP contribution in [-0.2, 0) is 4.79 Å². The first-order valence-corrected chi connectivity index (χ1v) is 8.12. The highest BCUT2D eigenvalue weighted by Gasteiger charge is 2.35. The smallest absolute Gasteiger partial charge is 0.268 e. The zero-order chi connectivity index (χ0) is 17.8. The molecule has 0 bridgehead atoms. The number of para-hydroxylation sites is 1. The van der Waals surface area contributed by atoms with Crippen LogP contribution in [0, 0.1) is 10.1 Å². The van der Waals surface area contributed by atoms with E-state index in [1.54, 1.807) is 54.6 Å². The van der Waals surface area contributed by atoms with E-state index in [2.05, 4.69) is 0 Å². The molecule has 25 heavy (non-hydrogen) atoms. The maximum absolute atomic E-state index is 12.4. The van der Waals surface area contributed by atoms with E-state index in [4.69, 9.17) is 0 Å². The predicted octanol–water partition coefficient (Wildman–Crippen LogP) is 4.39. The molecule has 0 N–H and O–H groups in total. The molecular formula is C18H12N2O4S. The van der Waals surface area contributed by atoms with Crippen LogP contribution in [0.3, 0.4) is 0 Å². The Labute approximate surface area is 147 Å². The lowest BCUT2D eigenvalue weighted by Gasteiger charge is -2.11. The number of hydrogen-bond donors (Lipinski definition) is 0. The fourth-order valence-electron chi connectivity index (χ4n) is 2.24. The Morgan fingerprint density at radius 2 is 1.68 bits per heavy atom. The summed E-state index contributed by atoms with van der Waals surface area (Å²) in [5.41, 5.74) is 1.30. The predicted molar refractivity (Wildman–Crippen MR) is 97.1 cm³/mol. The molecule has 6 nitrogen and oxygen atoms in total. The van der Waals surface area contributed by atoms with E-state index in [0.717, 1.165) is 22.2 Å². The lowest BCUT2D eigenvalue weighted by atomic mass is 10.2. The average Bonchev–Trinajstić information content (AvgIpc) is 2.90. The van der Waals surface area contributed by atoms with Crippen molar-refractivity contribution in [1.29, 1.82) is 0 Å². The third kappa shape index (κ3) is 3.67. The fraction of sp³-hybridized carbons (Fsp3) is 0. The Kier molecular flexibility index (Phi) is 4.76. The molecule has 124 valence electrons. The second kappa shape index (κ2) is 7.14. The Bertz CT molecular complexity index is 889. The molecule has 0 aromatic heterocycles. The quantitative estimate of drug-likeness (QED) is 0.463. The zero-order valence-electron chi connectivity index (χ0n) is 12.9. The van der Waals surface area contributed by atoms with Gasteiger partial charge in [-0.1, -0.05) is 30.4 Å². The Morgan fingerprint density at radius 3 is 2.32 bits per heavy atom. The first-order valence-electron chi connectivity index (χ1n) is 7.30. The highest BCUT2D eigenvalue weighted by Crippen LogP contribution is 2.34. The van der Waals surface area contributed by atoms with E-state index >= 15 is 0 Å². The van der Waals surface area contributed by atoms with Gasteiger partial charge in [0.05, 0.1) is 15.5 Å². The second-order valence-electron chi connectivity index (χ2n) is 5.08. The molecule has 1 aliphatic rings. The third-order valence-electron chi connectivity index (χ3n) is 3.45. The largest absolute Gasteiger partial charge is 0.298 e. The van der Waals surface area contributed by atoms with E-state index in [0.29, 0.717) is 10.6 Å². The van der Waals surface area contributed by atoms with Gasteiger partial charge in [0.15, 0.2) is 0 Å². The first kappa shape index (κ1) is 16.7. The molecule has 0 aliphatic carbocycles. The molecular weight excluding hydrogens is 340 g/mol. The van der Waals surface area contributed by atoms with Crippen molar-refractivity contribution in [2.24, 2.45) is 0 Å². The van der Waals surface area contributed by atoms with Gasteiger partial charge in [-0.2, -0.15) is 0 Å². The number of anilines is 1. The minimum Gasteiger partial charge on any atom is -0.268 e. The number of amides is 2. The van der Waals surface area contributed by atoms with Gasteiger partial charge in [0.2, 0.25) is 0 Å². The van der Waals surface area contributed by atoms with Crippen LogP contribution in [0.25, 0.3) is 6.08 Å². The molecule has 0 radical (unpaired) electrons. The third-order valence-corrected chi connectivity index (χ3v) is 4.34. The summed E-state index contributed by atoms with van der Waals surface area (Å²) in [5.74, 6) is -0.366. The molecule has 2 aromatic carbocycles. The molecule has 0 saturated carbocycles. The van der Waals surface area contributed by atoms with Crippen LogP contribution in [-0.4, -0.2) is 16.1 Å². The van der Waals surface area contributed by atoms with Gasteiger partial charge in [0, 0.05) is 12.1 Å². The number of thioether (sulfide) groups is 1. The summed E-state index contributed by atoms with van der Waals surface area (Å²) in [6.07, 6.45) is 4.92. The summed E-state index contributed by atoms with van der Waals surface area (Å²) >= 11 is 0.876. The van der Waals surface area contributed by atoms with Crippen molar-refractivity contribution in [2.45, 2.75) is 0 Å². The number of nitro groups is 1. The number of benzene rings is 2. The molecule has 0 atom stereocenters. The number of non-ortho nitro benzene ring substituents is 1. The minimum absolute atomic E-state index is 0.0149. The molecule has 1 saturated heterocycles. The highest BCUT2D eigenvalue weighted by atomic mass is 32.2. The van der Waals surface area contributed by atoms with E-state index in [1.165, 1.54) is 12.1 Å². The number of carbonyl (C=O) groups excluding carboxylic acids is 2. The van der Waals surface area contributed by atoms with Crippen LogP contribution >= 0.6 is 11.8 Å². The van der Waals surface area contributed by atoms with Crippen LogP contribution in [0.1, 0.15) is 5.56 Å². The van der Waals surface area contributed by atoms with Crippen LogP contribution in [0.2, 0.25) is 0 Å². The van der Waals surface area contributed by atoms with E-state index < -0.39 is 4.92 Å². The van der Waals surface area contributed by atoms with Crippen LogP contribution in [0.15, 0.2) is 71.7 Å². The maximum Gasteiger partial charge on any atom is 0.298 e. The van der Waals surface area contributed by atoms with Crippen molar-refractivity contribution in [2.75, 3.05) is 4.90 Å². The SMILES string of the molecule is O=C1S/C(=C\C=C\c2ccc([N+](=O)[O-])cc2)C(=O)N1c1ccccc1. The van der Waals surface area contributed by atoms with Gasteiger partial charge in [0.1, 0.15) is 0 Å². The van der Waals surface area contributed by atoms with Crippen LogP contribution in [0.5, 0.6) is 0 Å². The number of imide groups is 1. The van der Waals surface area contributed by atoms with Crippen molar-refractivity contribution in [3.05, 3.63) is 87.3 Å². The summed E-state index contributed by atoms with van der Waals surface area (Å²) in [6, 6.07) is 14.8. The maximum atomic E-state index is 12.4. The van der Waals surface area contributed by atoms with E-state index in [1.807, 2.05) is 6.07 Å². The molecule has 1 heterocycles. The Balaban J connectivity index is 1.75. The van der Waals surface area contributed by atoms with Gasteiger partial charge in [-0.3, -0.25) is 19.7 Å². The molecule has 2 aromatic rings. The molecule has 1 aliphatic heterocycles. The molecule has 0 unspecified atom stereocenters. The van der Waals surface area contributed by atoms with Crippen LogP contribution in [0.4, 0.5) is 16.2 Å². The zero-order valence-corrected chi connectivity index (χ0v) is 13.7. The minimum atomic E-state index is -0.465. The van der Waals surface area contributed by atoms with Gasteiger partial charge in [-0.25, -0.2) is 4.90 Å². The lowest BCUT2D eigenvalue weighted by Crippen LogP contribution is -2.27. The Hall–Kier alpha value is -3.19. The van der Waals surface area contributed by atoms with Crippen molar-refractivity contribution >= 4 is 40.4 Å². The van der Waals surface area contributed by atoms with Gasteiger partial charge < -0.3 is 0 Å². The Morgan fingerprint density at radius 1 is 1.00 bits per heavy atom. The van der Waals surface area contributed by atoms with Crippen molar-refractivity contribution in [3.63, 3.8) is 0 Å². The van der Waals surface area contributed by atoms with Crippen molar-refractivity contribution in [3.8, 4) is 0 Å². The normalized spacial score (nSPS) is 16.2. The number of carbonyl (C=O) groups is 2. The number of allylic oxidation sites excluding steroid dienone is 2. The van der Waals surface area contributed by atoms with Gasteiger partial charge in [-0.05, 0) is 47.7 Å². The van der Waals surface area contributed by atoms with E-state index in [-0.39, 0.29) is 16.8 Å². The van der Waals surface area contributed by atoms with Gasteiger partial charge >= 0.3 is 0 Å². The summed E-state index contributed by atoms with van der Waals surface area (Å²) in [5, 5.41) is 10.3. The summed E-state index contributed by atoms with van der Waals surface area (Å²) in [6.45, 7) is 0. The summed E-state index contributed by atoms with van der Waals surface area (Å²) < 4.78 is 0. The standard InChI is InChI=1S/C18H12N2O4S/c21-17-16(25-18(22)19(17)14-6-2-1-3-7-14)8-4-5-13-9-11-15(12-10-13)20(23)24/h1-12H/b5-4+,16-8-. The lowest BCUT2D eigenvalue weighted by molar-refractivity contribution is -0.384. The average molecular weight is 352 g/mol. The number of rotatable bonds is 4. The molecule has 1 fully saturated rings. The van der Waals surface area contributed by atoms with Crippen molar-refractivity contribution in [1.82, 2.24) is 0 Å². The number of nitro benzene ring substituents is 1. The summed E-state index contributed by atoms with van der Waals surface area (Å²) in [4.78, 5) is 36.1. The molecule has 3 rings (SSSR count).